The Hall–Kier alpha value is -2.67. The zero-order chi connectivity index (χ0) is 22.0. The summed E-state index contributed by atoms with van der Waals surface area (Å²) < 4.78 is 28.3. The Morgan fingerprint density at radius 2 is 1.74 bits per heavy atom. The van der Waals surface area contributed by atoms with Gasteiger partial charge in [0.1, 0.15) is 6.04 Å². The molecule has 160 valence electrons. The predicted octanol–water partition coefficient (Wildman–Crippen LogP) is 4.08. The topological polar surface area (TPSA) is 66.5 Å². The molecule has 3 aromatic carbocycles. The normalized spacial score (nSPS) is 16.5. The van der Waals surface area contributed by atoms with Crippen molar-refractivity contribution >= 4 is 27.5 Å². The fourth-order valence-corrected chi connectivity index (χ4v) is 5.55. The van der Waals surface area contributed by atoms with E-state index in [1.165, 1.54) is 4.31 Å². The summed E-state index contributed by atoms with van der Waals surface area (Å²) in [7, 11) is -3.85. The predicted molar refractivity (Wildman–Crippen MR) is 121 cm³/mol. The third-order valence-electron chi connectivity index (χ3n) is 5.49. The number of rotatable bonds is 5. The molecular formula is C24H23ClN2O3S. The van der Waals surface area contributed by atoms with E-state index in [0.717, 1.165) is 22.3 Å². The van der Waals surface area contributed by atoms with Gasteiger partial charge in [-0.15, -0.1) is 0 Å². The highest BCUT2D eigenvalue weighted by Crippen LogP contribution is 2.29. The van der Waals surface area contributed by atoms with Gasteiger partial charge >= 0.3 is 0 Å². The molecule has 0 spiro atoms. The van der Waals surface area contributed by atoms with Crippen molar-refractivity contribution < 1.29 is 13.2 Å². The standard InChI is InChI=1S/C24H23ClN2O3S/c1-17-9-11-22(12-10-17)31(29,30)27-16-20-7-3-2-6-19(20)14-23(27)24(28)26-15-18-5-4-8-21(25)13-18/h2-13,23H,14-16H2,1H3,(H,26,28)/t23-/m1/s1. The van der Waals surface area contributed by atoms with E-state index < -0.39 is 16.1 Å². The van der Waals surface area contributed by atoms with Crippen LogP contribution in [0.1, 0.15) is 22.3 Å². The fourth-order valence-electron chi connectivity index (χ4n) is 3.77. The van der Waals surface area contributed by atoms with Gasteiger partial charge in [0.2, 0.25) is 15.9 Å². The lowest BCUT2D eigenvalue weighted by Crippen LogP contribution is -2.52. The maximum atomic E-state index is 13.5. The third kappa shape index (κ3) is 4.66. The lowest BCUT2D eigenvalue weighted by molar-refractivity contribution is -0.125. The Morgan fingerprint density at radius 3 is 2.45 bits per heavy atom. The molecular weight excluding hydrogens is 432 g/mol. The SMILES string of the molecule is Cc1ccc(S(=O)(=O)N2Cc3ccccc3C[C@@H]2C(=O)NCc2cccc(Cl)c2)cc1. The molecule has 0 aliphatic carbocycles. The van der Waals surface area contributed by atoms with E-state index >= 15 is 0 Å². The maximum Gasteiger partial charge on any atom is 0.244 e. The molecule has 0 fully saturated rings. The molecule has 0 saturated heterocycles. The van der Waals surface area contributed by atoms with Crippen molar-refractivity contribution in [3.8, 4) is 0 Å². The monoisotopic (exact) mass is 454 g/mol. The molecule has 1 amide bonds. The molecule has 1 heterocycles. The Kier molecular flexibility index (Phi) is 6.14. The molecule has 1 aliphatic heterocycles. The Labute approximate surface area is 187 Å². The van der Waals surface area contributed by atoms with Crippen molar-refractivity contribution in [2.24, 2.45) is 0 Å². The number of fused-ring (bicyclic) bond motifs is 1. The third-order valence-corrected chi connectivity index (χ3v) is 7.60. The highest BCUT2D eigenvalue weighted by atomic mass is 35.5. The molecule has 0 unspecified atom stereocenters. The highest BCUT2D eigenvalue weighted by Gasteiger charge is 2.39. The summed E-state index contributed by atoms with van der Waals surface area (Å²) in [5.74, 6) is -0.329. The zero-order valence-corrected chi connectivity index (χ0v) is 18.7. The minimum atomic E-state index is -3.85. The number of nitrogens with zero attached hydrogens (tertiary/aromatic N) is 1. The molecule has 1 N–H and O–H groups in total. The number of halogens is 1. The van der Waals surface area contributed by atoms with E-state index in [0.29, 0.717) is 11.4 Å². The average molecular weight is 455 g/mol. The first-order valence-electron chi connectivity index (χ1n) is 10.0. The second kappa shape index (κ2) is 8.83. The van der Waals surface area contributed by atoms with Crippen molar-refractivity contribution in [2.75, 3.05) is 0 Å². The van der Waals surface area contributed by atoms with Gasteiger partial charge in [-0.1, -0.05) is 65.7 Å². The summed E-state index contributed by atoms with van der Waals surface area (Å²) in [5.41, 5.74) is 3.72. The molecule has 5 nitrogen and oxygen atoms in total. The van der Waals surface area contributed by atoms with E-state index in [1.54, 1.807) is 36.4 Å². The average Bonchev–Trinajstić information content (AvgIpc) is 2.77. The second-order valence-electron chi connectivity index (χ2n) is 7.70. The molecule has 0 saturated carbocycles. The van der Waals surface area contributed by atoms with Crippen LogP contribution in [0.15, 0.2) is 77.7 Å². The number of hydrogen-bond acceptors (Lipinski definition) is 3. The van der Waals surface area contributed by atoms with Gasteiger partial charge in [0, 0.05) is 18.1 Å². The zero-order valence-electron chi connectivity index (χ0n) is 17.1. The first-order valence-corrected chi connectivity index (χ1v) is 11.8. The van der Waals surface area contributed by atoms with Gasteiger partial charge in [-0.2, -0.15) is 4.31 Å². The summed E-state index contributed by atoms with van der Waals surface area (Å²) in [6.45, 7) is 2.33. The van der Waals surface area contributed by atoms with Crippen LogP contribution >= 0.6 is 11.6 Å². The van der Waals surface area contributed by atoms with Gasteiger partial charge in [-0.05, 0) is 54.3 Å². The van der Waals surface area contributed by atoms with Gasteiger partial charge in [0.15, 0.2) is 0 Å². The van der Waals surface area contributed by atoms with Crippen LogP contribution in [-0.4, -0.2) is 24.7 Å². The van der Waals surface area contributed by atoms with Crippen LogP contribution in [0.25, 0.3) is 0 Å². The van der Waals surface area contributed by atoms with Gasteiger partial charge < -0.3 is 5.32 Å². The summed E-state index contributed by atoms with van der Waals surface area (Å²) >= 11 is 6.03. The van der Waals surface area contributed by atoms with Crippen LogP contribution in [0.3, 0.4) is 0 Å². The summed E-state index contributed by atoms with van der Waals surface area (Å²) in [5, 5.41) is 3.47. The van der Waals surface area contributed by atoms with Crippen LogP contribution < -0.4 is 5.32 Å². The van der Waals surface area contributed by atoms with Gasteiger partial charge in [-0.25, -0.2) is 8.42 Å². The Morgan fingerprint density at radius 1 is 1.03 bits per heavy atom. The maximum absolute atomic E-state index is 13.5. The molecule has 0 radical (unpaired) electrons. The highest BCUT2D eigenvalue weighted by molar-refractivity contribution is 7.89. The molecule has 1 atom stereocenters. The van der Waals surface area contributed by atoms with Gasteiger partial charge in [0.25, 0.3) is 0 Å². The smallest absolute Gasteiger partial charge is 0.244 e. The second-order valence-corrected chi connectivity index (χ2v) is 10.0. The molecule has 4 rings (SSSR count). The lowest BCUT2D eigenvalue weighted by Gasteiger charge is -2.35. The summed E-state index contributed by atoms with van der Waals surface area (Å²) in [4.78, 5) is 13.3. The Bertz CT molecular complexity index is 1210. The molecule has 7 heteroatoms. The van der Waals surface area contributed by atoms with Crippen molar-refractivity contribution in [1.82, 2.24) is 9.62 Å². The fraction of sp³-hybridized carbons (Fsp3) is 0.208. The van der Waals surface area contributed by atoms with Gasteiger partial charge in [0.05, 0.1) is 4.90 Å². The number of benzene rings is 3. The van der Waals surface area contributed by atoms with E-state index in [9.17, 15) is 13.2 Å². The number of carbonyl (C=O) groups excluding carboxylic acids is 1. The molecule has 31 heavy (non-hydrogen) atoms. The number of aryl methyl sites for hydroxylation is 1. The van der Waals surface area contributed by atoms with E-state index in [2.05, 4.69) is 5.32 Å². The minimum Gasteiger partial charge on any atom is -0.351 e. The molecule has 0 bridgehead atoms. The van der Waals surface area contributed by atoms with Crippen LogP contribution in [-0.2, 0) is 34.3 Å². The van der Waals surface area contributed by atoms with Crippen LogP contribution in [0.2, 0.25) is 5.02 Å². The first kappa shape index (κ1) is 21.6. The van der Waals surface area contributed by atoms with Crippen molar-refractivity contribution in [2.45, 2.75) is 37.4 Å². The number of carbonyl (C=O) groups is 1. The quantitative estimate of drug-likeness (QED) is 0.631. The largest absolute Gasteiger partial charge is 0.351 e. The van der Waals surface area contributed by atoms with Crippen molar-refractivity contribution in [1.29, 1.82) is 0 Å². The molecule has 1 aliphatic rings. The van der Waals surface area contributed by atoms with E-state index in [-0.39, 0.29) is 23.9 Å². The van der Waals surface area contributed by atoms with E-state index in [1.807, 2.05) is 43.3 Å². The van der Waals surface area contributed by atoms with Crippen LogP contribution in [0.4, 0.5) is 0 Å². The first-order chi connectivity index (χ1) is 14.8. The number of hydrogen-bond donors (Lipinski definition) is 1. The lowest BCUT2D eigenvalue weighted by atomic mass is 9.95. The van der Waals surface area contributed by atoms with Crippen molar-refractivity contribution in [3.63, 3.8) is 0 Å². The van der Waals surface area contributed by atoms with E-state index in [4.69, 9.17) is 11.6 Å². The Balaban J connectivity index is 1.64. The minimum absolute atomic E-state index is 0.154. The summed E-state index contributed by atoms with van der Waals surface area (Å²) in [6.07, 6.45) is 0.322. The molecule has 0 aromatic heterocycles. The number of nitrogens with one attached hydrogen (secondary N) is 1. The summed E-state index contributed by atoms with van der Waals surface area (Å²) in [6, 6.07) is 20.7. The van der Waals surface area contributed by atoms with Gasteiger partial charge in [-0.3, -0.25) is 4.79 Å². The van der Waals surface area contributed by atoms with Crippen LogP contribution in [0.5, 0.6) is 0 Å². The van der Waals surface area contributed by atoms with Crippen LogP contribution in [0, 0.1) is 6.92 Å². The van der Waals surface area contributed by atoms with Crippen molar-refractivity contribution in [3.05, 3.63) is 100 Å². The number of amides is 1. The number of sulfonamides is 1. The molecule has 3 aromatic rings.